The monoisotopic (exact) mass is 644 g/mol. The summed E-state index contributed by atoms with van der Waals surface area (Å²) in [6, 6.07) is 18.4. The molecule has 0 spiro atoms. The van der Waals surface area contributed by atoms with Gasteiger partial charge < -0.3 is 20.4 Å². The Bertz CT molecular complexity index is 2070. The second-order valence-electron chi connectivity index (χ2n) is 14.0. The Morgan fingerprint density at radius 1 is 0.667 bits per heavy atom. The summed E-state index contributed by atoms with van der Waals surface area (Å²) < 4.78 is 6.47. The van der Waals surface area contributed by atoms with Crippen LogP contribution in [-0.2, 0) is 9.59 Å². The van der Waals surface area contributed by atoms with E-state index in [-0.39, 0.29) is 23.7 Å². The zero-order chi connectivity index (χ0) is 34.9. The van der Waals surface area contributed by atoms with Crippen LogP contribution in [0.3, 0.4) is 0 Å². The highest BCUT2D eigenvalue weighted by atomic mass is 16.3. The van der Waals surface area contributed by atoms with Crippen LogP contribution in [0.1, 0.15) is 73.9 Å². The summed E-state index contributed by atoms with van der Waals surface area (Å²) in [6.07, 6.45) is 0.950. The van der Waals surface area contributed by atoms with Crippen molar-refractivity contribution in [1.82, 2.24) is 0 Å². The molecular formula is C41H48N4O3. The van der Waals surface area contributed by atoms with E-state index in [0.717, 1.165) is 89.5 Å². The number of carbonyl (C=O) groups is 2. The molecule has 0 saturated carbocycles. The third-order valence-electron chi connectivity index (χ3n) is 8.67. The van der Waals surface area contributed by atoms with E-state index >= 15 is 0 Å². The van der Waals surface area contributed by atoms with Crippen molar-refractivity contribution in [2.45, 2.75) is 82.1 Å². The molecule has 2 aliphatic rings. The van der Waals surface area contributed by atoms with Crippen molar-refractivity contribution in [3.8, 4) is 11.3 Å². The van der Waals surface area contributed by atoms with E-state index in [1.807, 2.05) is 92.6 Å². The topological polar surface area (TPSA) is 95.7 Å². The standard InChI is InChI=1S/C41H48N4O3/c1-22(2)15-36(46)44-40-26(7)17-24(5)38(28(40)9)42-32-13-11-30-19-31-12-14-33(21-35(31)48-34(30)20-32)43-39-25(6)18-27(8)41(29(39)10)45-37(47)16-23(3)4/h11-14,17-23,42H,15-16H2,1-10H3,(H,44,46)(H,45,47). The molecule has 0 fully saturated rings. The van der Waals surface area contributed by atoms with Crippen LogP contribution in [0.25, 0.3) is 22.3 Å². The lowest BCUT2D eigenvalue weighted by atomic mass is 10.0. The maximum atomic E-state index is 12.6. The average molecular weight is 645 g/mol. The van der Waals surface area contributed by atoms with E-state index in [9.17, 15) is 9.59 Å². The van der Waals surface area contributed by atoms with Gasteiger partial charge in [0.2, 0.25) is 11.8 Å². The Labute approximate surface area is 284 Å². The summed E-state index contributed by atoms with van der Waals surface area (Å²) in [7, 11) is 0. The summed E-state index contributed by atoms with van der Waals surface area (Å²) in [5.41, 5.74) is 12.2. The van der Waals surface area contributed by atoms with E-state index in [1.165, 1.54) is 0 Å². The van der Waals surface area contributed by atoms with Gasteiger partial charge in [-0.1, -0.05) is 39.8 Å². The molecule has 3 N–H and O–H groups in total. The number of rotatable bonds is 9. The van der Waals surface area contributed by atoms with Gasteiger partial charge in [0.15, 0.2) is 0 Å². The van der Waals surface area contributed by atoms with Crippen molar-refractivity contribution in [3.05, 3.63) is 93.3 Å². The Hall–Kier alpha value is -4.91. The molecule has 0 atom stereocenters. The minimum atomic E-state index is 0.0118. The lowest BCUT2D eigenvalue weighted by Gasteiger charge is -2.20. The highest BCUT2D eigenvalue weighted by molar-refractivity contribution is 5.95. The first-order valence-electron chi connectivity index (χ1n) is 16.8. The quantitative estimate of drug-likeness (QED) is 0.139. The number of benzene rings is 4. The molecule has 2 amide bonds. The summed E-state index contributed by atoms with van der Waals surface area (Å²) in [4.78, 5) is 30.3. The second kappa shape index (κ2) is 14.1. The maximum Gasteiger partial charge on any atom is 0.224 e. The third-order valence-corrected chi connectivity index (χ3v) is 8.67. The van der Waals surface area contributed by atoms with Crippen molar-refractivity contribution in [3.63, 3.8) is 0 Å². The van der Waals surface area contributed by atoms with Gasteiger partial charge in [-0.15, -0.1) is 0 Å². The fourth-order valence-corrected chi connectivity index (χ4v) is 6.41. The molecule has 3 aromatic carbocycles. The molecule has 0 bridgehead atoms. The first kappa shape index (κ1) is 34.4. The highest BCUT2D eigenvalue weighted by Gasteiger charge is 2.17. The van der Waals surface area contributed by atoms with Gasteiger partial charge in [0, 0.05) is 58.7 Å². The maximum absolute atomic E-state index is 12.6. The van der Waals surface area contributed by atoms with Gasteiger partial charge in [0.25, 0.3) is 0 Å². The number of amides is 2. The molecule has 7 heteroatoms. The molecule has 48 heavy (non-hydrogen) atoms. The molecule has 250 valence electrons. The molecule has 0 saturated heterocycles. The fraction of sp³-hybridized carbons (Fsp3) is 0.341. The normalized spacial score (nSPS) is 12.0. The van der Waals surface area contributed by atoms with Gasteiger partial charge >= 0.3 is 0 Å². The summed E-state index contributed by atoms with van der Waals surface area (Å²) in [6.45, 7) is 20.4. The minimum Gasteiger partial charge on any atom is -0.456 e. The van der Waals surface area contributed by atoms with Gasteiger partial charge in [0.1, 0.15) is 11.3 Å². The third kappa shape index (κ3) is 7.62. The number of nitrogens with one attached hydrogen (secondary N) is 3. The van der Waals surface area contributed by atoms with E-state index in [2.05, 4.69) is 47.1 Å². The number of anilines is 4. The van der Waals surface area contributed by atoms with Gasteiger partial charge in [0.05, 0.1) is 11.0 Å². The molecule has 1 aliphatic heterocycles. The molecule has 0 radical (unpaired) electrons. The van der Waals surface area contributed by atoms with Crippen molar-refractivity contribution >= 4 is 51.2 Å². The van der Waals surface area contributed by atoms with Crippen LogP contribution < -0.4 is 21.3 Å². The van der Waals surface area contributed by atoms with Crippen LogP contribution >= 0.6 is 0 Å². The Kier molecular flexibility index (Phi) is 10.1. The number of carbonyl (C=O) groups excluding carboxylic acids is 2. The summed E-state index contributed by atoms with van der Waals surface area (Å²) in [5.74, 6) is 1.33. The highest BCUT2D eigenvalue weighted by Crippen LogP contribution is 2.36. The Morgan fingerprint density at radius 2 is 1.25 bits per heavy atom. The minimum absolute atomic E-state index is 0.0118. The predicted molar refractivity (Wildman–Crippen MR) is 199 cm³/mol. The van der Waals surface area contributed by atoms with Gasteiger partial charge in [-0.05, 0) is 117 Å². The largest absolute Gasteiger partial charge is 0.456 e. The lowest BCUT2D eigenvalue weighted by molar-refractivity contribution is -0.117. The molecular weight excluding hydrogens is 596 g/mol. The zero-order valence-corrected chi connectivity index (χ0v) is 29.9. The van der Waals surface area contributed by atoms with Crippen LogP contribution in [0.5, 0.6) is 0 Å². The van der Waals surface area contributed by atoms with Gasteiger partial charge in [-0.3, -0.25) is 9.59 Å². The molecule has 3 aromatic rings. The number of fused-ring (bicyclic) bond motifs is 2. The van der Waals surface area contributed by atoms with E-state index in [1.54, 1.807) is 0 Å². The Morgan fingerprint density at radius 3 is 1.88 bits per heavy atom. The van der Waals surface area contributed by atoms with Crippen molar-refractivity contribution in [1.29, 1.82) is 0 Å². The van der Waals surface area contributed by atoms with Crippen molar-refractivity contribution in [2.75, 3.05) is 16.0 Å². The second-order valence-corrected chi connectivity index (χ2v) is 14.0. The number of hydrogen-bond donors (Lipinski definition) is 3. The van der Waals surface area contributed by atoms with Crippen LogP contribution in [0.2, 0.25) is 0 Å². The Balaban J connectivity index is 1.49. The zero-order valence-electron chi connectivity index (χ0n) is 29.9. The van der Waals surface area contributed by atoms with Gasteiger partial charge in [-0.2, -0.15) is 0 Å². The van der Waals surface area contributed by atoms with E-state index in [4.69, 9.17) is 9.41 Å². The first-order chi connectivity index (χ1) is 22.7. The van der Waals surface area contributed by atoms with Crippen LogP contribution in [0, 0.1) is 53.4 Å². The summed E-state index contributed by atoms with van der Waals surface area (Å²) >= 11 is 0. The SMILES string of the molecule is Cc1cc(C)c(NC(=O)CC(C)C)c(C)c1N=c1ccc2cc3ccc(Nc4c(C)cc(C)c(NC(=O)CC(C)C)c4C)cc3oc-2c1. The molecule has 0 unspecified atom stereocenters. The number of nitrogens with zero attached hydrogens (tertiary/aromatic N) is 1. The molecule has 1 aliphatic carbocycles. The van der Waals surface area contributed by atoms with Crippen LogP contribution in [0.15, 0.2) is 64.0 Å². The average Bonchev–Trinajstić information content (AvgIpc) is 2.99. The van der Waals surface area contributed by atoms with E-state index in [0.29, 0.717) is 12.8 Å². The van der Waals surface area contributed by atoms with E-state index < -0.39 is 0 Å². The molecule has 1 heterocycles. The van der Waals surface area contributed by atoms with Crippen LogP contribution in [-0.4, -0.2) is 11.8 Å². The molecule has 0 aromatic heterocycles. The first-order valence-corrected chi connectivity index (χ1v) is 16.8. The van der Waals surface area contributed by atoms with Crippen molar-refractivity contribution in [2.24, 2.45) is 16.8 Å². The van der Waals surface area contributed by atoms with Crippen molar-refractivity contribution < 1.29 is 14.0 Å². The summed E-state index contributed by atoms with van der Waals surface area (Å²) in [5, 5.41) is 11.6. The van der Waals surface area contributed by atoms with Gasteiger partial charge in [-0.25, -0.2) is 4.99 Å². The lowest BCUT2D eigenvalue weighted by Crippen LogP contribution is -2.16. The molecule has 7 nitrogen and oxygen atoms in total. The van der Waals surface area contributed by atoms with Crippen LogP contribution in [0.4, 0.5) is 28.4 Å². The fourth-order valence-electron chi connectivity index (χ4n) is 6.41. The number of hydrogen-bond acceptors (Lipinski definition) is 5. The molecule has 5 rings (SSSR count). The number of aryl methyl sites for hydroxylation is 4. The smallest absolute Gasteiger partial charge is 0.224 e. The predicted octanol–water partition coefficient (Wildman–Crippen LogP) is 10.3.